The highest BCUT2D eigenvalue weighted by molar-refractivity contribution is 6.21. The van der Waals surface area contributed by atoms with Crippen LogP contribution in [-0.4, -0.2) is 270 Å². The second-order valence-electron chi connectivity index (χ2n) is 29.5. The van der Waals surface area contributed by atoms with Crippen LogP contribution in [0.1, 0.15) is 176 Å². The molecule has 3 N–H and O–H groups in total. The Labute approximate surface area is 588 Å². The first-order valence-corrected chi connectivity index (χ1v) is 36.2. The molecule has 1 spiro atoms. The van der Waals surface area contributed by atoms with Crippen LogP contribution in [0.4, 0.5) is 13.2 Å². The molecular weight excluding hydrogens is 1320 g/mol. The van der Waals surface area contributed by atoms with E-state index >= 15 is 19.2 Å². The Morgan fingerprint density at radius 1 is 0.592 bits per heavy atom. The average Bonchev–Trinajstić information content (AvgIpc) is 1.43. The Morgan fingerprint density at radius 3 is 1.76 bits per heavy atom. The van der Waals surface area contributed by atoms with Crippen LogP contribution in [-0.2, 0) is 57.5 Å². The van der Waals surface area contributed by atoms with Gasteiger partial charge in [-0.3, -0.25) is 57.5 Å². The molecule has 0 aromatic rings. The van der Waals surface area contributed by atoms with Gasteiger partial charge in [0.15, 0.2) is 0 Å². The topological polar surface area (TPSA) is 270 Å². The van der Waals surface area contributed by atoms with Crippen molar-refractivity contribution in [1.29, 1.82) is 0 Å². The third-order valence-electron chi connectivity index (χ3n) is 21.9. The summed E-state index contributed by atoms with van der Waals surface area (Å²) in [5.74, 6) is -11.8. The van der Waals surface area contributed by atoms with Crippen LogP contribution in [0.15, 0.2) is 0 Å². The van der Waals surface area contributed by atoms with Gasteiger partial charge in [-0.25, -0.2) is 0 Å². The molecule has 98 heavy (non-hydrogen) atoms. The zero-order valence-corrected chi connectivity index (χ0v) is 62.2. The van der Waals surface area contributed by atoms with Crippen LogP contribution in [0, 0.1) is 35.5 Å². The molecule has 1 aliphatic heterocycles. The van der Waals surface area contributed by atoms with Gasteiger partial charge in [0.1, 0.15) is 47.8 Å². The lowest BCUT2D eigenvalue weighted by Gasteiger charge is -2.42. The van der Waals surface area contributed by atoms with Crippen molar-refractivity contribution in [2.24, 2.45) is 35.5 Å². The van der Waals surface area contributed by atoms with E-state index in [4.69, 9.17) is 23.2 Å². The fraction of sp³-hybridized carbons (Fsp3) is 0.826. The van der Waals surface area contributed by atoms with E-state index in [2.05, 4.69) is 16.0 Å². The third-order valence-corrected chi connectivity index (χ3v) is 22.9. The van der Waals surface area contributed by atoms with Gasteiger partial charge in [-0.2, -0.15) is 13.2 Å². The van der Waals surface area contributed by atoms with Gasteiger partial charge < -0.3 is 60.0 Å². The van der Waals surface area contributed by atoms with Crippen LogP contribution in [0.25, 0.3) is 0 Å². The molecule has 5 aliphatic rings. The molecule has 4 saturated carbocycles. The lowest BCUT2D eigenvalue weighted by molar-refractivity contribution is -0.182. The number of amides is 12. The smallest absolute Gasteiger partial charge is 0.347 e. The van der Waals surface area contributed by atoms with E-state index in [-0.39, 0.29) is 69.6 Å². The number of carbonyl (C=O) groups excluding carboxylic acids is 12. The van der Waals surface area contributed by atoms with Gasteiger partial charge in [0.05, 0.1) is 32.0 Å². The Kier molecular flexibility index (Phi) is 30.8. The number of nitrogens with one attached hydrogen (secondary N) is 3. The second kappa shape index (κ2) is 36.6. The summed E-state index contributed by atoms with van der Waals surface area (Å²) < 4.78 is 42.2. The minimum Gasteiger partial charge on any atom is -0.347 e. The van der Waals surface area contributed by atoms with Crippen molar-refractivity contribution in [1.82, 2.24) is 60.0 Å². The minimum atomic E-state index is -4.53. The summed E-state index contributed by atoms with van der Waals surface area (Å²) in [5.41, 5.74) is -1.63. The van der Waals surface area contributed by atoms with Crippen LogP contribution >= 0.6 is 23.2 Å². The molecule has 0 aromatic carbocycles. The van der Waals surface area contributed by atoms with E-state index in [0.717, 1.165) is 69.4 Å². The maximum Gasteiger partial charge on any atom is 0.393 e. The molecule has 0 radical (unpaired) electrons. The molecular formula is C69H113Cl2F3N12O12. The second-order valence-corrected chi connectivity index (χ2v) is 30.7. The van der Waals surface area contributed by atoms with Crippen molar-refractivity contribution >= 4 is 94.1 Å². The summed E-state index contributed by atoms with van der Waals surface area (Å²) >= 11 is 13.5. The lowest BCUT2D eigenvalue weighted by atomic mass is 9.78. The van der Waals surface area contributed by atoms with Gasteiger partial charge in [-0.05, 0) is 107 Å². The largest absolute Gasteiger partial charge is 0.393 e. The Morgan fingerprint density at radius 2 is 1.18 bits per heavy atom. The normalized spacial score (nSPS) is 30.3. The number of rotatable bonds is 11. The van der Waals surface area contributed by atoms with E-state index in [1.54, 1.807) is 27.7 Å². The molecule has 556 valence electrons. The van der Waals surface area contributed by atoms with Crippen molar-refractivity contribution in [2.75, 3.05) is 90.1 Å². The fourth-order valence-corrected chi connectivity index (χ4v) is 15.9. The Hall–Kier alpha value is -5.99. The molecule has 5 fully saturated rings. The minimum absolute atomic E-state index is 0.0175. The number of hydrogen-bond acceptors (Lipinski definition) is 12. The summed E-state index contributed by atoms with van der Waals surface area (Å²) in [6.07, 6.45) is 3.76. The highest BCUT2D eigenvalue weighted by Crippen LogP contribution is 2.44. The zero-order chi connectivity index (χ0) is 73.6. The zero-order valence-electron chi connectivity index (χ0n) is 60.7. The van der Waals surface area contributed by atoms with Crippen LogP contribution in [0.3, 0.4) is 0 Å². The first kappa shape index (κ1) is 82.7. The van der Waals surface area contributed by atoms with Crippen molar-refractivity contribution in [3.05, 3.63) is 0 Å². The first-order chi connectivity index (χ1) is 45.8. The van der Waals surface area contributed by atoms with Gasteiger partial charge in [-0.15, -0.1) is 23.2 Å². The van der Waals surface area contributed by atoms with Gasteiger partial charge in [0.2, 0.25) is 70.9 Å². The summed E-state index contributed by atoms with van der Waals surface area (Å²) in [7, 11) is 14.0. The van der Waals surface area contributed by atoms with Crippen LogP contribution in [0.2, 0.25) is 0 Å². The molecule has 0 aromatic heterocycles. The van der Waals surface area contributed by atoms with Gasteiger partial charge >= 0.3 is 6.18 Å². The molecule has 1 saturated heterocycles. The number of hydrogen-bond donors (Lipinski definition) is 3. The highest BCUT2D eigenvalue weighted by atomic mass is 35.5. The number of likely N-dealkylation sites (N-methyl/N-ethyl adjacent to an activating group) is 9. The predicted octanol–water partition coefficient (Wildman–Crippen LogP) is 5.63. The van der Waals surface area contributed by atoms with E-state index in [1.165, 1.54) is 97.0 Å². The van der Waals surface area contributed by atoms with Crippen LogP contribution < -0.4 is 16.0 Å². The van der Waals surface area contributed by atoms with E-state index < -0.39 is 185 Å². The van der Waals surface area contributed by atoms with Crippen molar-refractivity contribution in [3.8, 4) is 0 Å². The molecule has 24 nitrogen and oxygen atoms in total. The first-order valence-electron chi connectivity index (χ1n) is 35.3. The van der Waals surface area contributed by atoms with Crippen molar-refractivity contribution in [3.63, 3.8) is 0 Å². The van der Waals surface area contributed by atoms with Gasteiger partial charge in [0.25, 0.3) is 0 Å². The maximum absolute atomic E-state index is 15.5. The van der Waals surface area contributed by atoms with E-state index in [0.29, 0.717) is 32.1 Å². The quantitative estimate of drug-likeness (QED) is 0.212. The Balaban J connectivity index is 1.62. The predicted molar refractivity (Wildman–Crippen MR) is 365 cm³/mol. The fourth-order valence-electron chi connectivity index (χ4n) is 15.0. The number of alkyl halides is 5. The highest BCUT2D eigenvalue weighted by Gasteiger charge is 2.51. The molecule has 4 aliphatic carbocycles. The number of halogens is 5. The monoisotopic (exact) mass is 1430 g/mol. The summed E-state index contributed by atoms with van der Waals surface area (Å²) in [4.78, 5) is 187. The summed E-state index contributed by atoms with van der Waals surface area (Å²) in [6, 6.07) is -9.08. The van der Waals surface area contributed by atoms with Crippen LogP contribution in [0.5, 0.6) is 0 Å². The van der Waals surface area contributed by atoms with Gasteiger partial charge in [-0.1, -0.05) is 91.9 Å². The SMILES string of the molecule is CC[C@H](C)[C@@H]1NC(=O)[C@H](C)N(C)C(=O)C[C@@H](C(=O)N(C)C)N(C)C(=O)[C@H](C(C)C)N(C)C(=O)C2(CCCC2)NC(=O)[C@H](CC2CCCCC2Cl)N(C)C(=O)[C@H](CCC2CCC(C(F)(F)F)C(Cl)C2)NC(=O)CN(C)C(=O)[C@H](CC2CCCCC2)N(C)C(=O)CN(C)C(=O)CN(C)C1=O. The van der Waals surface area contributed by atoms with Gasteiger partial charge in [0, 0.05) is 81.2 Å². The van der Waals surface area contributed by atoms with Crippen molar-refractivity contribution < 1.29 is 70.7 Å². The summed E-state index contributed by atoms with van der Waals surface area (Å²) in [5, 5.41) is 7.02. The average molecular weight is 1430 g/mol. The number of carbonyl (C=O) groups is 12. The molecule has 12 amide bonds. The lowest BCUT2D eigenvalue weighted by Crippen LogP contribution is -2.65. The molecule has 5 rings (SSSR count). The molecule has 29 heteroatoms. The maximum atomic E-state index is 15.5. The van der Waals surface area contributed by atoms with E-state index in [9.17, 15) is 51.5 Å². The van der Waals surface area contributed by atoms with Crippen molar-refractivity contribution in [2.45, 2.75) is 241 Å². The standard InChI is InChI=1S/C69H113Cl2F3N12O12/c1-16-42(4)58-65(96)81(10)39-56(89)79(8)40-57(90)83(12)52(35-44-24-18-17-19-25-44)64(95)80(9)38-54(87)75-50(31-29-45-28-30-47(49(71)34-45)69(72,73)74)62(93)84(13)51(36-46-26-20-21-27-48(46)70)61(92)77-68(32-22-23-33-68)67(98)86(15)59(41(2)3)66(97)85(14)53(63(94)78(6)7)37-55(88)82(11)43(5)60(91)76-58/h41-53,58-59H,16-40H2,1-15H3,(H,75,87)(H,76,91)(H,77,92)/t42-,43-,45?,46?,47?,48?,49?,50-,51-,52-,53-,58-,59-/m0/s1. The third kappa shape index (κ3) is 21.3. The molecule has 13 atom stereocenters. The summed E-state index contributed by atoms with van der Waals surface area (Å²) in [6.45, 7) is 6.69. The molecule has 1 heterocycles. The Bertz CT molecular complexity index is 2830. The molecule has 5 unspecified atom stereocenters. The number of nitrogens with zero attached hydrogens (tertiary/aromatic N) is 9. The molecule has 0 bridgehead atoms. The van der Waals surface area contributed by atoms with E-state index in [1.807, 2.05) is 0 Å².